The number of amides is 2. The van der Waals surface area contributed by atoms with Crippen LogP contribution in [0, 0.1) is 15.9 Å². The number of carbonyl (C=O) groups excluding carboxylic acids is 2. The molecule has 0 aliphatic rings. The third-order valence-electron chi connectivity index (χ3n) is 5.65. The van der Waals surface area contributed by atoms with Gasteiger partial charge in [-0.1, -0.05) is 73.7 Å². The summed E-state index contributed by atoms with van der Waals surface area (Å²) in [6, 6.07) is 20.4. The number of nitrogens with one attached hydrogen (secondary N) is 1. The molecule has 1 unspecified atom stereocenters. The summed E-state index contributed by atoms with van der Waals surface area (Å²) in [7, 11) is 0. The molecule has 0 heterocycles. The van der Waals surface area contributed by atoms with Crippen LogP contribution in [0.15, 0.2) is 78.9 Å². The van der Waals surface area contributed by atoms with Crippen molar-refractivity contribution in [1.29, 1.82) is 0 Å². The summed E-state index contributed by atoms with van der Waals surface area (Å²) in [5, 5.41) is 14.3. The highest BCUT2D eigenvalue weighted by atomic mass is 19.1. The normalized spacial score (nSPS) is 11.5. The van der Waals surface area contributed by atoms with E-state index in [1.807, 2.05) is 37.3 Å². The monoisotopic (exact) mass is 477 g/mol. The predicted molar refractivity (Wildman–Crippen MR) is 131 cm³/mol. The van der Waals surface area contributed by atoms with Crippen LogP contribution in [0.5, 0.6) is 0 Å². The summed E-state index contributed by atoms with van der Waals surface area (Å²) >= 11 is 0. The van der Waals surface area contributed by atoms with E-state index in [1.54, 1.807) is 24.3 Å². The third kappa shape index (κ3) is 6.96. The first-order valence-electron chi connectivity index (χ1n) is 11.5. The Balaban J connectivity index is 2.01. The van der Waals surface area contributed by atoms with Crippen LogP contribution in [0.4, 0.5) is 10.1 Å². The first kappa shape index (κ1) is 25.6. The summed E-state index contributed by atoms with van der Waals surface area (Å²) in [5.41, 5.74) is 1.14. The van der Waals surface area contributed by atoms with Crippen LogP contribution in [0.2, 0.25) is 0 Å². The number of hydrogen-bond acceptors (Lipinski definition) is 4. The summed E-state index contributed by atoms with van der Waals surface area (Å²) in [6.07, 6.45) is 0.632. The van der Waals surface area contributed by atoms with Crippen molar-refractivity contribution < 1.29 is 18.9 Å². The van der Waals surface area contributed by atoms with E-state index in [0.29, 0.717) is 13.0 Å². The third-order valence-corrected chi connectivity index (χ3v) is 5.65. The van der Waals surface area contributed by atoms with Crippen molar-refractivity contribution >= 4 is 17.5 Å². The average molecular weight is 478 g/mol. The molecule has 2 amide bonds. The smallest absolute Gasteiger partial charge is 0.273 e. The summed E-state index contributed by atoms with van der Waals surface area (Å²) in [4.78, 5) is 39.1. The first-order chi connectivity index (χ1) is 16.9. The topological polar surface area (TPSA) is 92.6 Å². The van der Waals surface area contributed by atoms with E-state index in [1.165, 1.54) is 29.2 Å². The van der Waals surface area contributed by atoms with Gasteiger partial charge in [-0.2, -0.15) is 0 Å². The molecule has 3 aromatic rings. The molecule has 0 saturated carbocycles. The van der Waals surface area contributed by atoms with E-state index in [2.05, 4.69) is 5.32 Å². The zero-order valence-electron chi connectivity index (χ0n) is 19.5. The molecule has 3 aromatic carbocycles. The second-order valence-corrected chi connectivity index (χ2v) is 8.17. The van der Waals surface area contributed by atoms with Crippen LogP contribution >= 0.6 is 0 Å². The summed E-state index contributed by atoms with van der Waals surface area (Å²) in [5.74, 6) is -1.36. The van der Waals surface area contributed by atoms with E-state index in [0.717, 1.165) is 5.56 Å². The maximum absolute atomic E-state index is 14.6. The summed E-state index contributed by atoms with van der Waals surface area (Å²) < 4.78 is 14.6. The zero-order chi connectivity index (χ0) is 25.2. The van der Waals surface area contributed by atoms with Gasteiger partial charge in [0.1, 0.15) is 11.9 Å². The number of rotatable bonds is 11. The Hall–Kier alpha value is -4.07. The van der Waals surface area contributed by atoms with Crippen molar-refractivity contribution in [1.82, 2.24) is 10.2 Å². The molecule has 0 bridgehead atoms. The van der Waals surface area contributed by atoms with E-state index < -0.39 is 22.7 Å². The Bertz CT molecular complexity index is 1170. The lowest BCUT2D eigenvalue weighted by Gasteiger charge is -2.31. The molecule has 0 spiro atoms. The van der Waals surface area contributed by atoms with Crippen LogP contribution in [0.25, 0.3) is 0 Å². The van der Waals surface area contributed by atoms with Gasteiger partial charge in [-0.05, 0) is 18.1 Å². The van der Waals surface area contributed by atoms with Crippen molar-refractivity contribution in [3.63, 3.8) is 0 Å². The molecule has 1 atom stereocenters. The van der Waals surface area contributed by atoms with Gasteiger partial charge in [0.15, 0.2) is 0 Å². The van der Waals surface area contributed by atoms with Gasteiger partial charge in [0, 0.05) is 36.7 Å². The minimum absolute atomic E-state index is 0.150. The van der Waals surface area contributed by atoms with Gasteiger partial charge >= 0.3 is 0 Å². The Morgan fingerprint density at radius 2 is 1.60 bits per heavy atom. The second kappa shape index (κ2) is 12.4. The molecule has 7 nitrogen and oxygen atoms in total. The standard InChI is InChI=1S/C27H28FN3O4/c1-2-16-29-27(33)25(17-20-10-4-3-5-11-20)30(19-22-13-6-8-14-23(22)28)26(32)18-21-12-7-9-15-24(21)31(34)35/h3-15,25H,2,16-19H2,1H3,(H,29,33). The molecule has 8 heteroatoms. The van der Waals surface area contributed by atoms with Crippen LogP contribution in [-0.2, 0) is 29.0 Å². The lowest BCUT2D eigenvalue weighted by atomic mass is 10.0. The van der Waals surface area contributed by atoms with Gasteiger partial charge in [0.2, 0.25) is 11.8 Å². The highest BCUT2D eigenvalue weighted by molar-refractivity contribution is 5.89. The highest BCUT2D eigenvalue weighted by Gasteiger charge is 2.31. The number of nitro benzene ring substituents is 1. The molecule has 0 aliphatic carbocycles. The van der Waals surface area contributed by atoms with Crippen molar-refractivity contribution in [2.24, 2.45) is 0 Å². The highest BCUT2D eigenvalue weighted by Crippen LogP contribution is 2.22. The Labute approximate surface area is 203 Å². The van der Waals surface area contributed by atoms with E-state index in [-0.39, 0.29) is 42.1 Å². The Kier molecular flexibility index (Phi) is 9.06. The average Bonchev–Trinajstić information content (AvgIpc) is 2.86. The minimum Gasteiger partial charge on any atom is -0.354 e. The molecule has 3 rings (SSSR count). The Morgan fingerprint density at radius 1 is 0.971 bits per heavy atom. The molecule has 0 radical (unpaired) electrons. The van der Waals surface area contributed by atoms with Crippen LogP contribution in [0.1, 0.15) is 30.0 Å². The SMILES string of the molecule is CCCNC(=O)C(Cc1ccccc1)N(Cc1ccccc1F)C(=O)Cc1ccccc1[N+](=O)[O-]. The molecule has 35 heavy (non-hydrogen) atoms. The lowest BCUT2D eigenvalue weighted by molar-refractivity contribution is -0.385. The molecule has 182 valence electrons. The Morgan fingerprint density at radius 3 is 2.26 bits per heavy atom. The van der Waals surface area contributed by atoms with Crippen molar-refractivity contribution in [3.05, 3.63) is 111 Å². The fraction of sp³-hybridized carbons (Fsp3) is 0.259. The largest absolute Gasteiger partial charge is 0.354 e. The summed E-state index contributed by atoms with van der Waals surface area (Å²) in [6.45, 7) is 2.20. The van der Waals surface area contributed by atoms with E-state index in [9.17, 15) is 24.1 Å². The maximum atomic E-state index is 14.6. The van der Waals surface area contributed by atoms with E-state index >= 15 is 0 Å². The van der Waals surface area contributed by atoms with Gasteiger partial charge in [-0.15, -0.1) is 0 Å². The molecular formula is C27H28FN3O4. The van der Waals surface area contributed by atoms with E-state index in [4.69, 9.17) is 0 Å². The van der Waals surface area contributed by atoms with Crippen molar-refractivity contribution in [3.8, 4) is 0 Å². The van der Waals surface area contributed by atoms with Gasteiger partial charge in [-0.25, -0.2) is 4.39 Å². The van der Waals surface area contributed by atoms with Gasteiger partial charge < -0.3 is 10.2 Å². The molecule has 0 fully saturated rings. The van der Waals surface area contributed by atoms with Crippen LogP contribution in [-0.4, -0.2) is 34.2 Å². The second-order valence-electron chi connectivity index (χ2n) is 8.17. The predicted octanol–water partition coefficient (Wildman–Crippen LogP) is 4.44. The molecule has 1 N–H and O–H groups in total. The van der Waals surface area contributed by atoms with Gasteiger partial charge in [0.25, 0.3) is 5.69 Å². The first-order valence-corrected chi connectivity index (χ1v) is 11.5. The zero-order valence-corrected chi connectivity index (χ0v) is 19.5. The fourth-order valence-electron chi connectivity index (χ4n) is 3.83. The molecular weight excluding hydrogens is 449 g/mol. The number of para-hydroxylation sites is 1. The van der Waals surface area contributed by atoms with Crippen LogP contribution in [0.3, 0.4) is 0 Å². The quantitative estimate of drug-likeness (QED) is 0.326. The number of hydrogen-bond donors (Lipinski definition) is 1. The van der Waals surface area contributed by atoms with Crippen molar-refractivity contribution in [2.45, 2.75) is 38.8 Å². The van der Waals surface area contributed by atoms with Gasteiger partial charge in [-0.3, -0.25) is 19.7 Å². The number of halogens is 1. The number of benzene rings is 3. The lowest BCUT2D eigenvalue weighted by Crippen LogP contribution is -2.51. The molecule has 0 aromatic heterocycles. The minimum atomic E-state index is -0.932. The number of carbonyl (C=O) groups is 2. The number of nitro groups is 1. The molecule has 0 aliphatic heterocycles. The maximum Gasteiger partial charge on any atom is 0.273 e. The van der Waals surface area contributed by atoms with Crippen molar-refractivity contribution in [2.75, 3.05) is 6.54 Å². The van der Waals surface area contributed by atoms with Crippen LogP contribution < -0.4 is 5.32 Å². The van der Waals surface area contributed by atoms with Gasteiger partial charge in [0.05, 0.1) is 11.3 Å². The molecule has 0 saturated heterocycles. The number of nitrogens with zero attached hydrogens (tertiary/aromatic N) is 2. The fourth-order valence-corrected chi connectivity index (χ4v) is 3.83.